The molecule has 1 aliphatic carbocycles. The first kappa shape index (κ1) is 13.3. The van der Waals surface area contributed by atoms with Crippen molar-refractivity contribution in [2.75, 3.05) is 6.54 Å². The van der Waals surface area contributed by atoms with Crippen molar-refractivity contribution in [1.29, 1.82) is 0 Å². The number of pyridine rings is 1. The summed E-state index contributed by atoms with van der Waals surface area (Å²) in [4.78, 5) is 18.4. The summed E-state index contributed by atoms with van der Waals surface area (Å²) in [6.07, 6.45) is 6.42. The third kappa shape index (κ3) is 3.22. The van der Waals surface area contributed by atoms with Gasteiger partial charge < -0.3 is 4.90 Å². The maximum atomic E-state index is 12.5. The molecule has 1 aromatic heterocycles. The standard InChI is InChI=1S/C14H19ClN2O/c1-10(2)6-8-17(11-3-4-11)14(18)12-5-7-16-9-13(12)15/h5,7,9-11H,3-4,6,8H2,1-2H3. The molecule has 4 heteroatoms. The van der Waals surface area contributed by atoms with E-state index in [-0.39, 0.29) is 5.91 Å². The molecule has 18 heavy (non-hydrogen) atoms. The highest BCUT2D eigenvalue weighted by molar-refractivity contribution is 6.33. The summed E-state index contributed by atoms with van der Waals surface area (Å²) < 4.78 is 0. The minimum absolute atomic E-state index is 0.0468. The van der Waals surface area contributed by atoms with E-state index in [1.807, 2.05) is 4.90 Å². The number of carbonyl (C=O) groups excluding carboxylic acids is 1. The Hall–Kier alpha value is -1.09. The number of amides is 1. The third-order valence-corrected chi connectivity index (χ3v) is 3.50. The largest absolute Gasteiger partial charge is 0.336 e. The molecule has 98 valence electrons. The first-order valence-electron chi connectivity index (χ1n) is 6.50. The molecule has 0 atom stereocenters. The Kier molecular flexibility index (Phi) is 4.23. The van der Waals surface area contributed by atoms with Crippen molar-refractivity contribution in [2.45, 2.75) is 39.2 Å². The van der Waals surface area contributed by atoms with Gasteiger partial charge in [-0.1, -0.05) is 25.4 Å². The zero-order chi connectivity index (χ0) is 13.1. The first-order chi connectivity index (χ1) is 8.59. The predicted octanol–water partition coefficient (Wildman–Crippen LogP) is 3.39. The molecule has 1 heterocycles. The number of carbonyl (C=O) groups is 1. The van der Waals surface area contributed by atoms with Gasteiger partial charge >= 0.3 is 0 Å². The van der Waals surface area contributed by atoms with Gasteiger partial charge in [-0.3, -0.25) is 9.78 Å². The zero-order valence-electron chi connectivity index (χ0n) is 10.9. The molecule has 0 N–H and O–H groups in total. The molecule has 1 saturated carbocycles. The lowest BCUT2D eigenvalue weighted by molar-refractivity contribution is 0.0735. The molecule has 0 aromatic carbocycles. The fourth-order valence-corrected chi connectivity index (χ4v) is 2.14. The second kappa shape index (κ2) is 5.70. The molecule has 0 spiro atoms. The van der Waals surface area contributed by atoms with Crippen molar-refractivity contribution in [1.82, 2.24) is 9.88 Å². The van der Waals surface area contributed by atoms with Gasteiger partial charge in [0.2, 0.25) is 0 Å². The van der Waals surface area contributed by atoms with Crippen molar-refractivity contribution in [3.05, 3.63) is 29.0 Å². The monoisotopic (exact) mass is 266 g/mol. The van der Waals surface area contributed by atoms with E-state index < -0.39 is 0 Å². The number of halogens is 1. The van der Waals surface area contributed by atoms with Crippen molar-refractivity contribution in [3.63, 3.8) is 0 Å². The molecule has 1 aliphatic rings. The fraction of sp³-hybridized carbons (Fsp3) is 0.571. The van der Waals surface area contributed by atoms with Gasteiger partial charge in [-0.2, -0.15) is 0 Å². The van der Waals surface area contributed by atoms with Crippen LogP contribution in [0.1, 0.15) is 43.5 Å². The number of nitrogens with zero attached hydrogens (tertiary/aromatic N) is 2. The SMILES string of the molecule is CC(C)CCN(C(=O)c1ccncc1Cl)C1CC1. The number of hydrogen-bond donors (Lipinski definition) is 0. The Morgan fingerprint density at radius 3 is 2.83 bits per heavy atom. The van der Waals surface area contributed by atoms with Crippen LogP contribution in [0, 0.1) is 5.92 Å². The molecule has 0 radical (unpaired) electrons. The third-order valence-electron chi connectivity index (χ3n) is 3.20. The summed E-state index contributed by atoms with van der Waals surface area (Å²) in [6, 6.07) is 2.12. The minimum atomic E-state index is 0.0468. The van der Waals surface area contributed by atoms with Crippen LogP contribution in [0.25, 0.3) is 0 Å². The zero-order valence-corrected chi connectivity index (χ0v) is 11.7. The lowest BCUT2D eigenvalue weighted by Gasteiger charge is -2.23. The summed E-state index contributed by atoms with van der Waals surface area (Å²) in [5.74, 6) is 0.650. The second-order valence-electron chi connectivity index (χ2n) is 5.27. The lowest BCUT2D eigenvalue weighted by atomic mass is 10.1. The Bertz CT molecular complexity index is 430. The van der Waals surface area contributed by atoms with E-state index in [2.05, 4.69) is 18.8 Å². The maximum Gasteiger partial charge on any atom is 0.255 e. The molecule has 0 aliphatic heterocycles. The molecule has 0 saturated heterocycles. The van der Waals surface area contributed by atoms with Gasteiger partial charge in [0.25, 0.3) is 5.91 Å². The second-order valence-corrected chi connectivity index (χ2v) is 5.67. The molecule has 3 nitrogen and oxygen atoms in total. The molecular formula is C14H19ClN2O. The average molecular weight is 267 g/mol. The van der Waals surface area contributed by atoms with Gasteiger partial charge in [-0.15, -0.1) is 0 Å². The molecule has 0 bridgehead atoms. The van der Waals surface area contributed by atoms with E-state index in [0.717, 1.165) is 25.8 Å². The minimum Gasteiger partial charge on any atom is -0.336 e. The van der Waals surface area contributed by atoms with Crippen molar-refractivity contribution in [3.8, 4) is 0 Å². The topological polar surface area (TPSA) is 33.2 Å². The van der Waals surface area contributed by atoms with Crippen LogP contribution < -0.4 is 0 Å². The van der Waals surface area contributed by atoms with Crippen LogP contribution in [0.5, 0.6) is 0 Å². The predicted molar refractivity (Wildman–Crippen MR) is 72.8 cm³/mol. The van der Waals surface area contributed by atoms with Crippen LogP contribution in [0.4, 0.5) is 0 Å². The quantitative estimate of drug-likeness (QED) is 0.819. The van der Waals surface area contributed by atoms with E-state index in [4.69, 9.17) is 11.6 Å². The van der Waals surface area contributed by atoms with Crippen LogP contribution in [0.3, 0.4) is 0 Å². The van der Waals surface area contributed by atoms with E-state index in [9.17, 15) is 4.79 Å². The van der Waals surface area contributed by atoms with Gasteiger partial charge in [-0.25, -0.2) is 0 Å². The molecule has 1 aromatic rings. The van der Waals surface area contributed by atoms with Crippen LogP contribution in [-0.4, -0.2) is 28.4 Å². The molecular weight excluding hydrogens is 248 g/mol. The van der Waals surface area contributed by atoms with E-state index >= 15 is 0 Å². The Morgan fingerprint density at radius 2 is 2.28 bits per heavy atom. The smallest absolute Gasteiger partial charge is 0.255 e. The van der Waals surface area contributed by atoms with Gasteiger partial charge in [0, 0.05) is 25.0 Å². The average Bonchev–Trinajstić information content (AvgIpc) is 3.13. The van der Waals surface area contributed by atoms with Gasteiger partial charge in [0.15, 0.2) is 0 Å². The van der Waals surface area contributed by atoms with Crippen molar-refractivity contribution < 1.29 is 4.79 Å². The highest BCUT2D eigenvalue weighted by Gasteiger charge is 2.33. The summed E-state index contributed by atoms with van der Waals surface area (Å²) >= 11 is 6.04. The van der Waals surface area contributed by atoms with Crippen LogP contribution in [0.2, 0.25) is 5.02 Å². The van der Waals surface area contributed by atoms with E-state index in [1.54, 1.807) is 12.3 Å². The normalized spacial score (nSPS) is 14.9. The van der Waals surface area contributed by atoms with E-state index in [0.29, 0.717) is 22.5 Å². The highest BCUT2D eigenvalue weighted by Crippen LogP contribution is 2.30. The Morgan fingerprint density at radius 1 is 1.56 bits per heavy atom. The van der Waals surface area contributed by atoms with Gasteiger partial charge in [0.1, 0.15) is 0 Å². The molecule has 2 rings (SSSR count). The van der Waals surface area contributed by atoms with Gasteiger partial charge in [0.05, 0.1) is 10.6 Å². The van der Waals surface area contributed by atoms with E-state index in [1.165, 1.54) is 6.20 Å². The van der Waals surface area contributed by atoms with Crippen molar-refractivity contribution >= 4 is 17.5 Å². The van der Waals surface area contributed by atoms with Crippen LogP contribution >= 0.6 is 11.6 Å². The molecule has 1 amide bonds. The number of aromatic nitrogens is 1. The maximum absolute atomic E-state index is 12.5. The summed E-state index contributed by atoms with van der Waals surface area (Å²) in [6.45, 7) is 5.17. The van der Waals surface area contributed by atoms with Crippen molar-refractivity contribution in [2.24, 2.45) is 5.92 Å². The summed E-state index contributed by atoms with van der Waals surface area (Å²) in [5, 5.41) is 0.442. The first-order valence-corrected chi connectivity index (χ1v) is 6.88. The number of rotatable bonds is 5. The highest BCUT2D eigenvalue weighted by atomic mass is 35.5. The Labute approximate surface area is 113 Å². The number of hydrogen-bond acceptors (Lipinski definition) is 2. The van der Waals surface area contributed by atoms with Crippen LogP contribution in [-0.2, 0) is 0 Å². The summed E-state index contributed by atoms with van der Waals surface area (Å²) in [7, 11) is 0. The van der Waals surface area contributed by atoms with Crippen LogP contribution in [0.15, 0.2) is 18.5 Å². The van der Waals surface area contributed by atoms with Gasteiger partial charge in [-0.05, 0) is 31.2 Å². The lowest BCUT2D eigenvalue weighted by Crippen LogP contribution is -2.34. The fourth-order valence-electron chi connectivity index (χ4n) is 1.94. The molecule has 0 unspecified atom stereocenters. The molecule has 1 fully saturated rings. The Balaban J connectivity index is 2.11. The summed E-state index contributed by atoms with van der Waals surface area (Å²) in [5.41, 5.74) is 0.572.